The molecular weight excluding hydrogens is 488 g/mol. The highest BCUT2D eigenvalue weighted by molar-refractivity contribution is 5.97. The van der Waals surface area contributed by atoms with Gasteiger partial charge in [0.05, 0.1) is 27.0 Å². The summed E-state index contributed by atoms with van der Waals surface area (Å²) in [4.78, 5) is 30.6. The van der Waals surface area contributed by atoms with Crippen molar-refractivity contribution in [3.8, 4) is 23.0 Å². The molecule has 9 heteroatoms. The number of rotatable bonds is 12. The lowest BCUT2D eigenvalue weighted by Gasteiger charge is -2.31. The lowest BCUT2D eigenvalue weighted by Crippen LogP contribution is -2.46. The first-order valence-electron chi connectivity index (χ1n) is 12.6. The average molecular weight is 523 g/mol. The van der Waals surface area contributed by atoms with Crippen LogP contribution >= 0.6 is 0 Å². The van der Waals surface area contributed by atoms with E-state index in [1.54, 1.807) is 54.5 Å². The van der Waals surface area contributed by atoms with Crippen LogP contribution in [-0.4, -0.2) is 61.8 Å². The topological polar surface area (TPSA) is 90.7 Å². The summed E-state index contributed by atoms with van der Waals surface area (Å²) in [6.07, 6.45) is 2.88. The van der Waals surface area contributed by atoms with Crippen molar-refractivity contribution in [1.29, 1.82) is 0 Å². The van der Waals surface area contributed by atoms with E-state index in [4.69, 9.17) is 23.4 Å². The monoisotopic (exact) mass is 522 g/mol. The van der Waals surface area contributed by atoms with Crippen molar-refractivity contribution in [3.63, 3.8) is 0 Å². The largest absolute Gasteiger partial charge is 0.493 e. The molecule has 0 N–H and O–H groups in total. The third-order valence-corrected chi connectivity index (χ3v) is 6.71. The highest BCUT2D eigenvalue weighted by Gasteiger charge is 2.27. The number of furan rings is 1. The summed E-state index contributed by atoms with van der Waals surface area (Å²) >= 11 is 0. The maximum Gasteiger partial charge on any atom is 0.254 e. The van der Waals surface area contributed by atoms with Crippen molar-refractivity contribution in [2.45, 2.75) is 39.3 Å². The van der Waals surface area contributed by atoms with Gasteiger partial charge < -0.3 is 33.2 Å². The number of benzene rings is 2. The Bertz CT molecular complexity index is 1240. The molecule has 0 saturated carbocycles. The number of hydrogen-bond donors (Lipinski definition) is 0. The van der Waals surface area contributed by atoms with Crippen LogP contribution in [0.25, 0.3) is 0 Å². The number of nitrogens with zero attached hydrogens (tertiary/aromatic N) is 2. The van der Waals surface area contributed by atoms with E-state index in [-0.39, 0.29) is 31.2 Å². The number of methoxy groups -OCH3 is 2. The molecule has 1 aliphatic heterocycles. The minimum Gasteiger partial charge on any atom is -0.493 e. The van der Waals surface area contributed by atoms with Gasteiger partial charge in [-0.2, -0.15) is 0 Å². The predicted octanol–water partition coefficient (Wildman–Crippen LogP) is 4.54. The molecular formula is C29H34N2O7. The van der Waals surface area contributed by atoms with Crippen molar-refractivity contribution >= 4 is 11.8 Å². The molecule has 0 radical (unpaired) electrons. The molecule has 1 aromatic heterocycles. The summed E-state index contributed by atoms with van der Waals surface area (Å²) in [7, 11) is 3.18. The number of amides is 2. The molecule has 0 fully saturated rings. The Morgan fingerprint density at radius 2 is 1.79 bits per heavy atom. The Kier molecular flexibility index (Phi) is 8.78. The van der Waals surface area contributed by atoms with Gasteiger partial charge in [-0.25, -0.2) is 0 Å². The fourth-order valence-corrected chi connectivity index (χ4v) is 4.27. The van der Waals surface area contributed by atoms with Crippen molar-refractivity contribution < 1.29 is 33.0 Å². The summed E-state index contributed by atoms with van der Waals surface area (Å²) < 4.78 is 27.1. The van der Waals surface area contributed by atoms with E-state index in [1.807, 2.05) is 38.1 Å². The fraction of sp³-hybridized carbons (Fsp3) is 0.379. The Morgan fingerprint density at radius 1 is 1.00 bits per heavy atom. The average Bonchev–Trinajstić information content (AvgIpc) is 3.64. The summed E-state index contributed by atoms with van der Waals surface area (Å²) in [5, 5.41) is 0. The van der Waals surface area contributed by atoms with Gasteiger partial charge in [0.25, 0.3) is 5.91 Å². The highest BCUT2D eigenvalue weighted by Crippen LogP contribution is 2.33. The van der Waals surface area contributed by atoms with E-state index in [0.717, 1.165) is 5.56 Å². The summed E-state index contributed by atoms with van der Waals surface area (Å²) in [5.74, 6) is 2.67. The Labute approximate surface area is 222 Å². The SMILES string of the molecule is CCC(C)N(CC(=O)N(CCc1ccc(OC)c(OC)c1)Cc1ccco1)C(=O)c1ccc2c(c1)OCO2. The van der Waals surface area contributed by atoms with Gasteiger partial charge in [-0.3, -0.25) is 9.59 Å². The van der Waals surface area contributed by atoms with E-state index < -0.39 is 0 Å². The number of fused-ring (bicyclic) bond motifs is 1. The smallest absolute Gasteiger partial charge is 0.254 e. The molecule has 2 heterocycles. The van der Waals surface area contributed by atoms with Gasteiger partial charge in [0.2, 0.25) is 12.7 Å². The molecule has 1 unspecified atom stereocenters. The standard InChI is InChI=1S/C29H34N2O7/c1-5-20(2)31(29(33)22-9-11-25-27(16-22)38-19-37-25)18-28(32)30(17-23-7-6-14-36-23)13-12-21-8-10-24(34-3)26(15-21)35-4/h6-11,14-16,20H,5,12-13,17-19H2,1-4H3. The second-order valence-corrected chi connectivity index (χ2v) is 9.09. The zero-order valence-corrected chi connectivity index (χ0v) is 22.3. The molecule has 0 spiro atoms. The van der Waals surface area contributed by atoms with Crippen LogP contribution in [0.1, 0.15) is 41.9 Å². The normalized spacial score (nSPS) is 12.6. The van der Waals surface area contributed by atoms with Gasteiger partial charge in [-0.15, -0.1) is 0 Å². The zero-order chi connectivity index (χ0) is 27.1. The number of hydrogen-bond acceptors (Lipinski definition) is 7. The van der Waals surface area contributed by atoms with Crippen LogP contribution in [0.5, 0.6) is 23.0 Å². The first kappa shape index (κ1) is 26.9. The molecule has 202 valence electrons. The number of ether oxygens (including phenoxy) is 4. The van der Waals surface area contributed by atoms with Gasteiger partial charge in [0, 0.05) is 18.2 Å². The molecule has 2 aromatic carbocycles. The van der Waals surface area contributed by atoms with Crippen molar-refractivity contribution in [1.82, 2.24) is 9.80 Å². The second kappa shape index (κ2) is 12.4. The molecule has 2 amide bonds. The van der Waals surface area contributed by atoms with E-state index in [0.29, 0.717) is 60.3 Å². The van der Waals surface area contributed by atoms with Gasteiger partial charge in [-0.05, 0) is 67.8 Å². The molecule has 1 atom stereocenters. The second-order valence-electron chi connectivity index (χ2n) is 9.09. The maximum absolute atomic E-state index is 13.7. The maximum atomic E-state index is 13.7. The lowest BCUT2D eigenvalue weighted by molar-refractivity contribution is -0.133. The van der Waals surface area contributed by atoms with Gasteiger partial charge >= 0.3 is 0 Å². The van der Waals surface area contributed by atoms with E-state index in [9.17, 15) is 9.59 Å². The molecule has 0 aliphatic carbocycles. The Hall–Kier alpha value is -4.14. The van der Waals surface area contributed by atoms with Crippen molar-refractivity contribution in [2.75, 3.05) is 34.1 Å². The van der Waals surface area contributed by atoms with Crippen LogP contribution in [0.3, 0.4) is 0 Å². The van der Waals surface area contributed by atoms with Crippen LogP contribution in [0.4, 0.5) is 0 Å². The molecule has 1 aliphatic rings. The zero-order valence-electron chi connectivity index (χ0n) is 22.3. The van der Waals surface area contributed by atoms with Crippen LogP contribution in [-0.2, 0) is 17.8 Å². The van der Waals surface area contributed by atoms with Gasteiger partial charge in [-0.1, -0.05) is 13.0 Å². The minimum absolute atomic E-state index is 0.0606. The molecule has 4 rings (SSSR count). The summed E-state index contributed by atoms with van der Waals surface area (Å²) in [6.45, 7) is 4.73. The molecule has 0 saturated heterocycles. The predicted molar refractivity (Wildman–Crippen MR) is 141 cm³/mol. The van der Waals surface area contributed by atoms with Crippen LogP contribution in [0.2, 0.25) is 0 Å². The number of carbonyl (C=O) groups is 2. The fourth-order valence-electron chi connectivity index (χ4n) is 4.27. The Balaban J connectivity index is 1.52. The molecule has 9 nitrogen and oxygen atoms in total. The first-order valence-corrected chi connectivity index (χ1v) is 12.6. The lowest BCUT2D eigenvalue weighted by atomic mass is 10.1. The quantitative estimate of drug-likeness (QED) is 0.345. The highest BCUT2D eigenvalue weighted by atomic mass is 16.7. The van der Waals surface area contributed by atoms with E-state index in [2.05, 4.69) is 0 Å². The molecule has 3 aromatic rings. The first-order chi connectivity index (χ1) is 18.4. The molecule has 0 bridgehead atoms. The van der Waals surface area contributed by atoms with E-state index >= 15 is 0 Å². The summed E-state index contributed by atoms with van der Waals surface area (Å²) in [5.41, 5.74) is 1.44. The van der Waals surface area contributed by atoms with Crippen LogP contribution < -0.4 is 18.9 Å². The van der Waals surface area contributed by atoms with Crippen molar-refractivity contribution in [3.05, 3.63) is 71.7 Å². The van der Waals surface area contributed by atoms with Crippen LogP contribution in [0, 0.1) is 0 Å². The van der Waals surface area contributed by atoms with Gasteiger partial charge in [0.1, 0.15) is 12.3 Å². The third kappa shape index (κ3) is 6.22. The van der Waals surface area contributed by atoms with Crippen molar-refractivity contribution in [2.24, 2.45) is 0 Å². The Morgan fingerprint density at radius 3 is 2.50 bits per heavy atom. The van der Waals surface area contributed by atoms with Gasteiger partial charge in [0.15, 0.2) is 23.0 Å². The summed E-state index contributed by atoms with van der Waals surface area (Å²) in [6, 6.07) is 14.3. The minimum atomic E-state index is -0.233. The van der Waals surface area contributed by atoms with Crippen LogP contribution in [0.15, 0.2) is 59.2 Å². The number of carbonyl (C=O) groups excluding carboxylic acids is 2. The molecule has 38 heavy (non-hydrogen) atoms. The van der Waals surface area contributed by atoms with E-state index in [1.165, 1.54) is 0 Å². The third-order valence-electron chi connectivity index (χ3n) is 6.71.